The van der Waals surface area contributed by atoms with Crippen LogP contribution in [0.25, 0.3) is 11.2 Å². The van der Waals surface area contributed by atoms with Crippen LogP contribution in [-0.4, -0.2) is 61.6 Å². The van der Waals surface area contributed by atoms with E-state index in [9.17, 15) is 19.5 Å². The summed E-state index contributed by atoms with van der Waals surface area (Å²) in [5, 5.41) is 9.78. The topological polar surface area (TPSA) is 161 Å². The third-order valence-electron chi connectivity index (χ3n) is 5.39. The number of alkyl halides is 1. The molecule has 34 heavy (non-hydrogen) atoms. The van der Waals surface area contributed by atoms with Gasteiger partial charge in [-0.15, -0.1) is 0 Å². The molecule has 0 saturated carbocycles. The van der Waals surface area contributed by atoms with Crippen LogP contribution in [0.2, 0.25) is 0 Å². The van der Waals surface area contributed by atoms with E-state index in [1.165, 1.54) is 22.9 Å². The molecule has 4 atom stereocenters. The number of halogens is 1. The number of carbonyl (C=O) groups is 2. The number of anilines is 1. The smallest absolute Gasteiger partial charge is 0.332 e. The molecule has 12 nitrogen and oxygen atoms in total. The average Bonchev–Trinajstić information content (AvgIpc) is 3.21. The second kappa shape index (κ2) is 9.09. The molecular weight excluding hydrogens is 453 g/mol. The van der Waals surface area contributed by atoms with Gasteiger partial charge in [0.25, 0.3) is 0 Å². The lowest BCUT2D eigenvalue weighted by Crippen LogP contribution is -2.37. The number of phenolic OH excluding ortho intramolecular Hbond substituents is 1. The molecule has 0 unspecified atom stereocenters. The van der Waals surface area contributed by atoms with Crippen molar-refractivity contribution in [2.45, 2.75) is 44.5 Å². The highest BCUT2D eigenvalue weighted by molar-refractivity contribution is 5.72. The molecule has 3 aromatic rings. The van der Waals surface area contributed by atoms with Crippen LogP contribution in [0.1, 0.15) is 25.1 Å². The molecule has 180 valence electrons. The Morgan fingerprint density at radius 3 is 2.79 bits per heavy atom. The third-order valence-corrected chi connectivity index (χ3v) is 5.39. The number of hydrogen-bond donors (Lipinski definition) is 2. The number of nitrogens with two attached hydrogens (primary N) is 1. The second-order valence-corrected chi connectivity index (χ2v) is 7.71. The minimum atomic E-state index is -1.93. The number of hydrogen-bond acceptors (Lipinski definition) is 10. The van der Waals surface area contributed by atoms with Crippen molar-refractivity contribution in [3.05, 3.63) is 46.5 Å². The Kier molecular flexibility index (Phi) is 6.20. The van der Waals surface area contributed by atoms with E-state index in [1.807, 2.05) is 0 Å². The maximum atomic E-state index is 15.2. The zero-order valence-corrected chi connectivity index (χ0v) is 18.3. The predicted octanol–water partition coefficient (Wildman–Crippen LogP) is 0.659. The lowest BCUT2D eigenvalue weighted by atomic mass is 10.1. The highest BCUT2D eigenvalue weighted by Gasteiger charge is 2.50. The lowest BCUT2D eigenvalue weighted by Gasteiger charge is -2.19. The third kappa shape index (κ3) is 4.29. The summed E-state index contributed by atoms with van der Waals surface area (Å²) in [6, 6.07) is 6.28. The van der Waals surface area contributed by atoms with E-state index in [1.54, 1.807) is 12.1 Å². The summed E-state index contributed by atoms with van der Waals surface area (Å²) in [7, 11) is 1.14. The van der Waals surface area contributed by atoms with Gasteiger partial charge in [-0.1, -0.05) is 12.1 Å². The number of nitrogen functional groups attached to an aromatic ring is 1. The summed E-state index contributed by atoms with van der Waals surface area (Å²) >= 11 is 0. The molecule has 3 N–H and O–H groups in total. The number of esters is 2. The van der Waals surface area contributed by atoms with E-state index in [0.717, 1.165) is 18.6 Å². The zero-order valence-electron chi connectivity index (χ0n) is 18.3. The van der Waals surface area contributed by atoms with Gasteiger partial charge in [-0.05, 0) is 17.7 Å². The number of nitrogens with zero attached hydrogens (tertiary/aromatic N) is 4. The first-order valence-corrected chi connectivity index (χ1v) is 10.2. The highest BCUT2D eigenvalue weighted by atomic mass is 19.1. The van der Waals surface area contributed by atoms with E-state index in [0.29, 0.717) is 5.56 Å². The normalized spacial score (nSPS) is 22.1. The zero-order chi connectivity index (χ0) is 24.6. The number of fused-ring (bicyclic) bond motifs is 1. The van der Waals surface area contributed by atoms with Gasteiger partial charge in [0, 0.05) is 6.92 Å². The Labute approximate surface area is 191 Å². The summed E-state index contributed by atoms with van der Waals surface area (Å²) in [4.78, 5) is 45.0. The number of methoxy groups -OCH3 is 1. The van der Waals surface area contributed by atoms with Gasteiger partial charge in [0.1, 0.15) is 17.4 Å². The summed E-state index contributed by atoms with van der Waals surface area (Å²) in [6.45, 7) is 1.10. The molecule has 1 aromatic carbocycles. The Morgan fingerprint density at radius 1 is 1.35 bits per heavy atom. The van der Waals surface area contributed by atoms with Crippen LogP contribution < -0.4 is 11.4 Å². The van der Waals surface area contributed by atoms with E-state index < -0.39 is 48.7 Å². The Bertz CT molecular complexity index is 1310. The average molecular weight is 475 g/mol. The van der Waals surface area contributed by atoms with Gasteiger partial charge in [-0.3, -0.25) is 14.2 Å². The van der Waals surface area contributed by atoms with Gasteiger partial charge in [-0.2, -0.15) is 4.98 Å². The molecule has 1 aliphatic heterocycles. The van der Waals surface area contributed by atoms with Crippen LogP contribution in [0.3, 0.4) is 0 Å². The predicted molar refractivity (Wildman–Crippen MR) is 114 cm³/mol. The molecule has 13 heteroatoms. The first-order chi connectivity index (χ1) is 16.2. The van der Waals surface area contributed by atoms with Crippen molar-refractivity contribution in [2.75, 3.05) is 12.8 Å². The highest BCUT2D eigenvalue weighted by Crippen LogP contribution is 2.36. The summed E-state index contributed by atoms with van der Waals surface area (Å²) in [5.41, 5.74) is 5.92. The van der Waals surface area contributed by atoms with E-state index in [2.05, 4.69) is 14.7 Å². The molecule has 1 aliphatic rings. The number of carbonyl (C=O) groups excluding carboxylic acids is 2. The Hall–Kier alpha value is -4.00. The fourth-order valence-electron chi connectivity index (χ4n) is 3.92. The molecule has 0 amide bonds. The molecule has 4 rings (SSSR count). The molecule has 3 heterocycles. The van der Waals surface area contributed by atoms with Gasteiger partial charge < -0.3 is 25.1 Å². The van der Waals surface area contributed by atoms with Crippen LogP contribution in [0.5, 0.6) is 5.75 Å². The second-order valence-electron chi connectivity index (χ2n) is 7.71. The van der Waals surface area contributed by atoms with Gasteiger partial charge >= 0.3 is 17.6 Å². The van der Waals surface area contributed by atoms with Crippen molar-refractivity contribution in [3.8, 4) is 5.75 Å². The minimum absolute atomic E-state index is 0.00903. The maximum absolute atomic E-state index is 15.2. The van der Waals surface area contributed by atoms with Crippen LogP contribution in [0.15, 0.2) is 35.3 Å². The van der Waals surface area contributed by atoms with E-state index in [-0.39, 0.29) is 29.4 Å². The summed E-state index contributed by atoms with van der Waals surface area (Å²) in [6.07, 6.45) is -5.38. The molecule has 1 saturated heterocycles. The van der Waals surface area contributed by atoms with Crippen molar-refractivity contribution in [1.82, 2.24) is 19.1 Å². The number of phenols is 1. The van der Waals surface area contributed by atoms with Gasteiger partial charge in [0.2, 0.25) is 5.95 Å². The van der Waals surface area contributed by atoms with Crippen LogP contribution in [-0.2, 0) is 30.3 Å². The lowest BCUT2D eigenvalue weighted by molar-refractivity contribution is -0.154. The van der Waals surface area contributed by atoms with Crippen molar-refractivity contribution in [1.29, 1.82) is 0 Å². The fraction of sp³-hybridized carbons (Fsp3) is 0.381. The number of aromatic hydroxyl groups is 1. The van der Waals surface area contributed by atoms with Crippen molar-refractivity contribution < 1.29 is 33.3 Å². The Balaban J connectivity index is 1.84. The van der Waals surface area contributed by atoms with Gasteiger partial charge in [-0.25, -0.2) is 18.7 Å². The minimum Gasteiger partial charge on any atom is -0.508 e. The number of rotatable bonds is 6. The first-order valence-electron chi connectivity index (χ1n) is 10.2. The quantitative estimate of drug-likeness (QED) is 0.485. The van der Waals surface area contributed by atoms with Crippen LogP contribution >= 0.6 is 0 Å². The van der Waals surface area contributed by atoms with Gasteiger partial charge in [0.15, 0.2) is 24.2 Å². The van der Waals surface area contributed by atoms with Crippen molar-refractivity contribution in [3.63, 3.8) is 0 Å². The molecule has 0 aliphatic carbocycles. The van der Waals surface area contributed by atoms with E-state index in [4.69, 9.17) is 15.2 Å². The maximum Gasteiger partial charge on any atom is 0.332 e. The number of aromatic nitrogens is 4. The largest absolute Gasteiger partial charge is 0.508 e. The molecule has 1 fully saturated rings. The van der Waals surface area contributed by atoms with Crippen LogP contribution in [0, 0.1) is 0 Å². The summed E-state index contributed by atoms with van der Waals surface area (Å²) in [5.74, 6) is -1.68. The molecule has 0 bridgehead atoms. The fourth-order valence-corrected chi connectivity index (χ4v) is 3.92. The molecule has 2 aromatic heterocycles. The first kappa shape index (κ1) is 23.2. The molecule has 0 spiro atoms. The number of ether oxygens (including phenoxy) is 3. The molecule has 0 radical (unpaired) electrons. The SMILES string of the molecule is COC(=O)C[C@H]1O[C@@H](n2c(=O)n(Cc3cccc(O)c3)c3cnc(N)nc32)[C@H](OC(C)=O)[C@@H]1F. The summed E-state index contributed by atoms with van der Waals surface area (Å²) < 4.78 is 33.0. The standard InChI is InChI=1S/C21H22FN5O7/c1-10(28)33-17-16(22)14(7-15(30)32-2)34-19(17)27-18-13(8-24-20(23)25-18)26(21(27)31)9-11-4-3-5-12(29)6-11/h3-6,8,14,16-17,19,29H,7,9H2,1-2H3,(H2,23,24,25)/t14-,16-,17-,19-/m1/s1. The number of benzene rings is 1. The number of imidazole rings is 1. The van der Waals surface area contributed by atoms with Crippen molar-refractivity contribution in [2.24, 2.45) is 0 Å². The Morgan fingerprint density at radius 2 is 2.12 bits per heavy atom. The van der Waals surface area contributed by atoms with Crippen molar-refractivity contribution >= 4 is 29.1 Å². The van der Waals surface area contributed by atoms with E-state index >= 15 is 4.39 Å². The van der Waals surface area contributed by atoms with Gasteiger partial charge in [0.05, 0.1) is 26.3 Å². The monoisotopic (exact) mass is 475 g/mol. The molecular formula is C21H22FN5O7. The van der Waals surface area contributed by atoms with Crippen LogP contribution in [0.4, 0.5) is 10.3 Å².